The van der Waals surface area contributed by atoms with Crippen LogP contribution in [0.15, 0.2) is 83.8 Å². The third kappa shape index (κ3) is 9.16. The molecular formula is C34H42O6. The first-order chi connectivity index (χ1) is 19.1. The second kappa shape index (κ2) is 14.9. The fourth-order valence-electron chi connectivity index (χ4n) is 4.76. The van der Waals surface area contributed by atoms with Gasteiger partial charge in [0, 0.05) is 12.0 Å². The Labute approximate surface area is 238 Å². The summed E-state index contributed by atoms with van der Waals surface area (Å²) in [5.74, 6) is -1.80. The van der Waals surface area contributed by atoms with Gasteiger partial charge < -0.3 is 19.3 Å². The Morgan fingerprint density at radius 1 is 0.975 bits per heavy atom. The third-order valence-corrected chi connectivity index (χ3v) is 7.42. The Morgan fingerprint density at radius 2 is 1.55 bits per heavy atom. The molecule has 0 aromatic heterocycles. The molecule has 0 spiro atoms. The molecule has 2 aromatic carbocycles. The fraction of sp³-hybridized carbons (Fsp3) is 0.471. The summed E-state index contributed by atoms with van der Waals surface area (Å²) in [6.45, 7) is 9.55. The highest BCUT2D eigenvalue weighted by atomic mass is 16.5. The molecule has 0 amide bonds. The Hall–Kier alpha value is -3.24. The van der Waals surface area contributed by atoms with Crippen LogP contribution < -0.4 is 0 Å². The standard InChI is InChI=1S/C34H42O6/c1-6-29-24(2)14-13-19-30(38-22-27-15-9-7-10-16-27)25(3)21-34(5,37)32(35)20-31(26(4)33(36)40-29)39-23-28-17-11-8-12-18-28/h7-12,15-19,25-26,29-31,37H,6,20-23H2,1-5H3/t25-,26-,29-,30-,31+,34-/m1/s1. The number of hydrogen-bond donors (Lipinski definition) is 1. The van der Waals surface area contributed by atoms with Crippen molar-refractivity contribution < 1.29 is 28.9 Å². The minimum Gasteiger partial charge on any atom is -0.457 e. The normalized spacial score (nSPS) is 28.4. The summed E-state index contributed by atoms with van der Waals surface area (Å²) >= 11 is 0. The number of hydrogen-bond acceptors (Lipinski definition) is 6. The maximum atomic E-state index is 13.5. The van der Waals surface area contributed by atoms with Crippen molar-refractivity contribution in [1.82, 2.24) is 0 Å². The van der Waals surface area contributed by atoms with Crippen molar-refractivity contribution in [3.8, 4) is 0 Å². The molecule has 0 fully saturated rings. The molecular weight excluding hydrogens is 504 g/mol. The number of aliphatic hydroxyl groups is 1. The summed E-state index contributed by atoms with van der Waals surface area (Å²) in [4.78, 5) is 26.7. The van der Waals surface area contributed by atoms with E-state index in [1.165, 1.54) is 6.92 Å². The number of esters is 1. The van der Waals surface area contributed by atoms with Gasteiger partial charge in [0.25, 0.3) is 0 Å². The van der Waals surface area contributed by atoms with Crippen molar-refractivity contribution in [2.45, 2.75) is 91.0 Å². The fourth-order valence-corrected chi connectivity index (χ4v) is 4.76. The lowest BCUT2D eigenvalue weighted by Crippen LogP contribution is -2.43. The lowest BCUT2D eigenvalue weighted by molar-refractivity contribution is -0.160. The summed E-state index contributed by atoms with van der Waals surface area (Å²) in [5.41, 5.74) is 7.21. The van der Waals surface area contributed by atoms with Crippen LogP contribution in [0.4, 0.5) is 0 Å². The summed E-state index contributed by atoms with van der Waals surface area (Å²) in [6, 6.07) is 19.4. The molecule has 214 valence electrons. The second-order valence-corrected chi connectivity index (χ2v) is 10.9. The van der Waals surface area contributed by atoms with E-state index in [4.69, 9.17) is 14.2 Å². The van der Waals surface area contributed by atoms with E-state index in [1.807, 2.05) is 81.4 Å². The van der Waals surface area contributed by atoms with Crippen molar-refractivity contribution in [1.29, 1.82) is 0 Å². The van der Waals surface area contributed by atoms with Crippen molar-refractivity contribution in [2.24, 2.45) is 11.8 Å². The van der Waals surface area contributed by atoms with E-state index in [0.29, 0.717) is 13.0 Å². The van der Waals surface area contributed by atoms with E-state index in [9.17, 15) is 14.7 Å². The van der Waals surface area contributed by atoms with Gasteiger partial charge in [-0.3, -0.25) is 9.59 Å². The zero-order valence-electron chi connectivity index (χ0n) is 24.3. The van der Waals surface area contributed by atoms with Gasteiger partial charge in [-0.25, -0.2) is 0 Å². The van der Waals surface area contributed by atoms with Crippen LogP contribution in [0.1, 0.15) is 65.0 Å². The van der Waals surface area contributed by atoms with Gasteiger partial charge in [-0.2, -0.15) is 0 Å². The zero-order valence-corrected chi connectivity index (χ0v) is 24.3. The van der Waals surface area contributed by atoms with E-state index < -0.39 is 41.6 Å². The van der Waals surface area contributed by atoms with Gasteiger partial charge in [-0.15, -0.1) is 0 Å². The van der Waals surface area contributed by atoms with Crippen molar-refractivity contribution in [3.63, 3.8) is 0 Å². The second-order valence-electron chi connectivity index (χ2n) is 10.9. The number of benzene rings is 2. The maximum absolute atomic E-state index is 13.5. The summed E-state index contributed by atoms with van der Waals surface area (Å²) in [5, 5.41) is 11.3. The van der Waals surface area contributed by atoms with Crippen LogP contribution in [-0.2, 0) is 37.0 Å². The van der Waals surface area contributed by atoms with Crippen molar-refractivity contribution in [2.75, 3.05) is 0 Å². The quantitative estimate of drug-likeness (QED) is 0.333. The van der Waals surface area contributed by atoms with Gasteiger partial charge in [-0.1, -0.05) is 86.0 Å². The first-order valence-electron chi connectivity index (χ1n) is 14.1. The molecule has 0 saturated carbocycles. The number of cyclic esters (lactones) is 1. The van der Waals surface area contributed by atoms with E-state index >= 15 is 0 Å². The minimum atomic E-state index is -1.65. The first-order valence-corrected chi connectivity index (χ1v) is 14.1. The van der Waals surface area contributed by atoms with Crippen LogP contribution in [0, 0.1) is 11.8 Å². The van der Waals surface area contributed by atoms with Gasteiger partial charge >= 0.3 is 5.97 Å². The number of ether oxygens (including phenoxy) is 3. The van der Waals surface area contributed by atoms with Crippen LogP contribution in [0.3, 0.4) is 0 Å². The van der Waals surface area contributed by atoms with E-state index in [2.05, 4.69) is 11.5 Å². The lowest BCUT2D eigenvalue weighted by atomic mass is 9.83. The average molecular weight is 547 g/mol. The van der Waals surface area contributed by atoms with E-state index in [1.54, 1.807) is 13.0 Å². The summed E-state index contributed by atoms with van der Waals surface area (Å²) in [6.07, 6.45) is 0.665. The average Bonchev–Trinajstić information content (AvgIpc) is 2.95. The van der Waals surface area contributed by atoms with E-state index in [0.717, 1.165) is 16.7 Å². The van der Waals surface area contributed by atoms with E-state index in [-0.39, 0.29) is 25.4 Å². The third-order valence-electron chi connectivity index (χ3n) is 7.42. The van der Waals surface area contributed by atoms with Crippen LogP contribution >= 0.6 is 0 Å². The number of Topliss-reactive ketones (excluding diaryl/α,β-unsaturated/α-hetero) is 1. The molecule has 6 atom stereocenters. The highest BCUT2D eigenvalue weighted by Crippen LogP contribution is 2.28. The molecule has 3 rings (SSSR count). The van der Waals surface area contributed by atoms with Crippen LogP contribution in [-0.4, -0.2) is 40.8 Å². The van der Waals surface area contributed by atoms with Gasteiger partial charge in [0.1, 0.15) is 11.7 Å². The zero-order chi connectivity index (χ0) is 29.1. The molecule has 1 aliphatic rings. The topological polar surface area (TPSA) is 82.1 Å². The Balaban J connectivity index is 1.92. The number of carbonyl (C=O) groups is 2. The Bertz CT molecular complexity index is 1210. The molecule has 1 aliphatic heterocycles. The largest absolute Gasteiger partial charge is 0.457 e. The molecule has 0 radical (unpaired) electrons. The van der Waals surface area contributed by atoms with Crippen LogP contribution in [0.2, 0.25) is 0 Å². The van der Waals surface area contributed by atoms with Crippen molar-refractivity contribution >= 4 is 11.8 Å². The molecule has 0 saturated heterocycles. The molecule has 0 unspecified atom stereocenters. The highest BCUT2D eigenvalue weighted by molar-refractivity contribution is 5.87. The molecule has 6 heteroatoms. The van der Waals surface area contributed by atoms with Gasteiger partial charge in [0.2, 0.25) is 0 Å². The molecule has 6 nitrogen and oxygen atoms in total. The maximum Gasteiger partial charge on any atom is 0.311 e. The molecule has 1 N–H and O–H groups in total. The molecule has 0 bridgehead atoms. The minimum absolute atomic E-state index is 0.127. The van der Waals surface area contributed by atoms with Gasteiger partial charge in [-0.05, 0) is 56.7 Å². The molecule has 2 aromatic rings. The van der Waals surface area contributed by atoms with Gasteiger partial charge in [0.15, 0.2) is 5.78 Å². The molecule has 0 aliphatic carbocycles. The SMILES string of the molecule is CC[C@H]1OC(=O)[C@H](C)[C@@H](OCc2ccccc2)CC(=O)[C@](C)(O)C[C@@H](C)[C@H](OCc2ccccc2)C=C=C=C1C. The molecule has 1 heterocycles. The highest BCUT2D eigenvalue weighted by Gasteiger charge is 2.38. The summed E-state index contributed by atoms with van der Waals surface area (Å²) < 4.78 is 18.2. The number of carbonyl (C=O) groups excluding carboxylic acids is 2. The Morgan fingerprint density at radius 3 is 2.12 bits per heavy atom. The predicted octanol–water partition coefficient (Wildman–Crippen LogP) is 6.12. The molecule has 40 heavy (non-hydrogen) atoms. The Kier molecular flexibility index (Phi) is 11.7. The van der Waals surface area contributed by atoms with Crippen molar-refractivity contribution in [3.05, 3.63) is 94.9 Å². The van der Waals surface area contributed by atoms with Crippen LogP contribution in [0.5, 0.6) is 0 Å². The monoisotopic (exact) mass is 546 g/mol. The predicted molar refractivity (Wildman–Crippen MR) is 154 cm³/mol. The van der Waals surface area contributed by atoms with Crippen LogP contribution in [0.25, 0.3) is 0 Å². The summed E-state index contributed by atoms with van der Waals surface area (Å²) in [7, 11) is 0. The first kappa shape index (κ1) is 31.3. The lowest BCUT2D eigenvalue weighted by Gasteiger charge is -2.31. The number of rotatable bonds is 7. The smallest absolute Gasteiger partial charge is 0.311 e. The number of ketones is 1. The van der Waals surface area contributed by atoms with Gasteiger partial charge in [0.05, 0.1) is 31.3 Å².